The first-order chi connectivity index (χ1) is 18.2. The molecule has 3 aromatic rings. The highest BCUT2D eigenvalue weighted by Crippen LogP contribution is 2.30. The maximum Gasteiger partial charge on any atom is 0.331 e. The molecule has 1 aliphatic heterocycles. The maximum atomic E-state index is 13.4. The number of ether oxygens (including phenoxy) is 2. The topological polar surface area (TPSA) is 79.4 Å². The van der Waals surface area contributed by atoms with Crippen LogP contribution in [0.2, 0.25) is 0 Å². The molecule has 4 rings (SSSR count). The Morgan fingerprint density at radius 1 is 1.03 bits per heavy atom. The van der Waals surface area contributed by atoms with Crippen LogP contribution in [0.1, 0.15) is 36.2 Å². The van der Waals surface area contributed by atoms with Crippen LogP contribution in [0.4, 0.5) is 14.9 Å². The molecule has 0 aliphatic carbocycles. The number of carbonyl (C=O) groups is 3. The van der Waals surface area contributed by atoms with Gasteiger partial charge in [-0.1, -0.05) is 19.1 Å². The van der Waals surface area contributed by atoms with Crippen LogP contribution in [0, 0.1) is 5.82 Å². The lowest BCUT2D eigenvalue weighted by atomic mass is 10.1. The summed E-state index contributed by atoms with van der Waals surface area (Å²) >= 11 is 0. The van der Waals surface area contributed by atoms with Gasteiger partial charge in [-0.2, -0.15) is 0 Å². The summed E-state index contributed by atoms with van der Waals surface area (Å²) in [7, 11) is 3.15. The van der Waals surface area contributed by atoms with Gasteiger partial charge in [0.1, 0.15) is 29.6 Å². The van der Waals surface area contributed by atoms with Gasteiger partial charge >= 0.3 is 6.03 Å². The molecule has 0 radical (unpaired) electrons. The molecule has 0 N–H and O–H groups in total. The molecule has 1 atom stereocenters. The minimum atomic E-state index is -0.399. The molecule has 198 valence electrons. The van der Waals surface area contributed by atoms with E-state index in [0.29, 0.717) is 35.9 Å². The molecule has 0 bridgehead atoms. The zero-order valence-corrected chi connectivity index (χ0v) is 21.8. The number of halogens is 1. The van der Waals surface area contributed by atoms with Gasteiger partial charge in [0.05, 0.1) is 12.7 Å². The highest BCUT2D eigenvalue weighted by molar-refractivity contribution is 6.13. The average molecular weight is 520 g/mol. The van der Waals surface area contributed by atoms with E-state index in [1.54, 1.807) is 54.4 Å². The molecule has 0 aromatic heterocycles. The zero-order valence-electron chi connectivity index (χ0n) is 21.8. The molecule has 4 amide bonds. The number of urea groups is 1. The van der Waals surface area contributed by atoms with Crippen LogP contribution in [-0.4, -0.2) is 54.4 Å². The van der Waals surface area contributed by atoms with Crippen LogP contribution < -0.4 is 14.4 Å². The summed E-state index contributed by atoms with van der Waals surface area (Å²) in [5.41, 5.74) is 1.60. The van der Waals surface area contributed by atoms with Crippen LogP contribution in [-0.2, 0) is 11.3 Å². The zero-order chi connectivity index (χ0) is 27.4. The van der Waals surface area contributed by atoms with Gasteiger partial charge in [0, 0.05) is 25.3 Å². The van der Waals surface area contributed by atoms with Crippen molar-refractivity contribution in [1.82, 2.24) is 9.80 Å². The molecule has 0 spiro atoms. The van der Waals surface area contributed by atoms with E-state index < -0.39 is 6.03 Å². The predicted molar refractivity (Wildman–Crippen MR) is 141 cm³/mol. The Hall–Kier alpha value is -4.40. The smallest absolute Gasteiger partial charge is 0.331 e. The fourth-order valence-electron chi connectivity index (χ4n) is 4.22. The third-order valence-electron chi connectivity index (χ3n) is 6.49. The monoisotopic (exact) mass is 519 g/mol. The third kappa shape index (κ3) is 5.61. The number of anilines is 1. The van der Waals surface area contributed by atoms with Crippen LogP contribution in [0.25, 0.3) is 0 Å². The number of benzene rings is 3. The van der Waals surface area contributed by atoms with Crippen molar-refractivity contribution < 1.29 is 28.2 Å². The second kappa shape index (κ2) is 11.3. The van der Waals surface area contributed by atoms with Crippen LogP contribution in [0.5, 0.6) is 17.2 Å². The SMILES string of the molecule is CCC(C)N1C(=O)CN(c2ccc(OC)c(C(=O)N(C)Cc3ccc(Oc4ccc(F)cc4)cc3)c2)C1=O. The number of hydrogen-bond donors (Lipinski definition) is 0. The van der Waals surface area contributed by atoms with Crippen LogP contribution in [0.15, 0.2) is 66.7 Å². The lowest BCUT2D eigenvalue weighted by Crippen LogP contribution is -2.39. The maximum absolute atomic E-state index is 13.4. The standard InChI is InChI=1S/C29H30FN3O5/c1-5-19(2)33-27(34)18-32(29(33)36)22-10-15-26(37-4)25(16-22)28(35)31(3)17-20-6-11-23(12-7-20)38-24-13-8-21(30)9-14-24/h6-16,19H,5,17-18H2,1-4H3. The summed E-state index contributed by atoms with van der Waals surface area (Å²) in [6, 6.07) is 17.2. The molecule has 0 saturated carbocycles. The van der Waals surface area contributed by atoms with Crippen molar-refractivity contribution in [2.75, 3.05) is 25.6 Å². The predicted octanol–water partition coefficient (Wildman–Crippen LogP) is 5.47. The minimum Gasteiger partial charge on any atom is -0.496 e. The van der Waals surface area contributed by atoms with Crippen molar-refractivity contribution in [2.24, 2.45) is 0 Å². The first-order valence-electron chi connectivity index (χ1n) is 12.3. The Bertz CT molecular complexity index is 1330. The van der Waals surface area contributed by atoms with Gasteiger partial charge in [-0.05, 0) is 73.5 Å². The number of rotatable bonds is 9. The molecular weight excluding hydrogens is 489 g/mol. The number of carbonyl (C=O) groups excluding carboxylic acids is 3. The fourth-order valence-corrected chi connectivity index (χ4v) is 4.22. The van der Waals surface area contributed by atoms with E-state index in [-0.39, 0.29) is 35.8 Å². The summed E-state index contributed by atoms with van der Waals surface area (Å²) in [5, 5.41) is 0. The molecule has 8 nitrogen and oxygen atoms in total. The van der Waals surface area contributed by atoms with Gasteiger partial charge in [-0.25, -0.2) is 9.18 Å². The molecule has 1 fully saturated rings. The Morgan fingerprint density at radius 3 is 2.26 bits per heavy atom. The molecule has 3 aromatic carbocycles. The van der Waals surface area contributed by atoms with E-state index in [1.165, 1.54) is 29.0 Å². The molecule has 38 heavy (non-hydrogen) atoms. The molecule has 1 unspecified atom stereocenters. The Balaban J connectivity index is 1.48. The van der Waals surface area contributed by atoms with E-state index in [1.807, 2.05) is 26.0 Å². The highest BCUT2D eigenvalue weighted by atomic mass is 19.1. The molecule has 1 heterocycles. The minimum absolute atomic E-state index is 0.0781. The highest BCUT2D eigenvalue weighted by Gasteiger charge is 2.39. The Morgan fingerprint density at radius 2 is 1.66 bits per heavy atom. The van der Waals surface area contributed by atoms with Crippen molar-refractivity contribution in [1.29, 1.82) is 0 Å². The Labute approximate surface area is 221 Å². The molecule has 9 heteroatoms. The van der Waals surface area contributed by atoms with Gasteiger partial charge in [0.25, 0.3) is 11.8 Å². The van der Waals surface area contributed by atoms with Crippen LogP contribution in [0.3, 0.4) is 0 Å². The molecular formula is C29H30FN3O5. The van der Waals surface area contributed by atoms with Crippen molar-refractivity contribution in [3.63, 3.8) is 0 Å². The van der Waals surface area contributed by atoms with Gasteiger partial charge < -0.3 is 14.4 Å². The third-order valence-corrected chi connectivity index (χ3v) is 6.49. The molecule has 1 saturated heterocycles. The van der Waals surface area contributed by atoms with Crippen molar-refractivity contribution in [3.8, 4) is 17.2 Å². The van der Waals surface area contributed by atoms with Crippen molar-refractivity contribution in [3.05, 3.63) is 83.7 Å². The Kier molecular flexibility index (Phi) is 7.95. The fraction of sp³-hybridized carbons (Fsp3) is 0.276. The van der Waals surface area contributed by atoms with Gasteiger partial charge in [-0.3, -0.25) is 19.4 Å². The van der Waals surface area contributed by atoms with Gasteiger partial charge in [0.15, 0.2) is 0 Å². The van der Waals surface area contributed by atoms with Gasteiger partial charge in [-0.15, -0.1) is 0 Å². The van der Waals surface area contributed by atoms with Crippen molar-refractivity contribution >= 4 is 23.5 Å². The number of nitrogens with zero attached hydrogens (tertiary/aromatic N) is 3. The first kappa shape index (κ1) is 26.7. The summed E-state index contributed by atoms with van der Waals surface area (Å²) in [6.07, 6.45) is 0.655. The lowest BCUT2D eigenvalue weighted by Gasteiger charge is -2.23. The molecule has 1 aliphatic rings. The lowest BCUT2D eigenvalue weighted by molar-refractivity contribution is -0.126. The quantitative estimate of drug-likeness (QED) is 0.351. The number of methoxy groups -OCH3 is 1. The summed E-state index contributed by atoms with van der Waals surface area (Å²) < 4.78 is 24.2. The largest absolute Gasteiger partial charge is 0.496 e. The normalized spacial score (nSPS) is 14.0. The second-order valence-electron chi connectivity index (χ2n) is 9.14. The summed E-state index contributed by atoms with van der Waals surface area (Å²) in [5.74, 6) is 0.564. The second-order valence-corrected chi connectivity index (χ2v) is 9.14. The van der Waals surface area contributed by atoms with E-state index in [9.17, 15) is 18.8 Å². The average Bonchev–Trinajstić information content (AvgIpc) is 3.23. The number of amides is 4. The van der Waals surface area contributed by atoms with E-state index in [2.05, 4.69) is 0 Å². The van der Waals surface area contributed by atoms with E-state index in [0.717, 1.165) is 5.56 Å². The van der Waals surface area contributed by atoms with Crippen molar-refractivity contribution in [2.45, 2.75) is 32.9 Å². The van der Waals surface area contributed by atoms with E-state index in [4.69, 9.17) is 9.47 Å². The van der Waals surface area contributed by atoms with Gasteiger partial charge in [0.2, 0.25) is 0 Å². The van der Waals surface area contributed by atoms with Crippen LogP contribution >= 0.6 is 0 Å². The summed E-state index contributed by atoms with van der Waals surface area (Å²) in [6.45, 7) is 3.98. The summed E-state index contributed by atoms with van der Waals surface area (Å²) in [4.78, 5) is 43.1. The van der Waals surface area contributed by atoms with E-state index >= 15 is 0 Å². The number of imide groups is 1. The first-order valence-corrected chi connectivity index (χ1v) is 12.3. The number of hydrogen-bond acceptors (Lipinski definition) is 5.